The summed E-state index contributed by atoms with van der Waals surface area (Å²) < 4.78 is 67.5. The smallest absolute Gasteiger partial charge is 0.143 e. The lowest BCUT2D eigenvalue weighted by Gasteiger charge is -2.17. The first kappa shape index (κ1) is 20.7. The number of para-hydroxylation sites is 1. The molecule has 0 spiro atoms. The van der Waals surface area contributed by atoms with Crippen LogP contribution in [0.3, 0.4) is 0 Å². The van der Waals surface area contributed by atoms with Crippen molar-refractivity contribution in [2.75, 3.05) is 0 Å². The Morgan fingerprint density at radius 1 is 0.388 bits per heavy atom. The van der Waals surface area contributed by atoms with E-state index < -0.39 is 18.1 Å². The molecule has 1 heterocycles. The fourth-order valence-electron chi connectivity index (χ4n) is 7.83. The van der Waals surface area contributed by atoms with Gasteiger partial charge < -0.3 is 4.42 Å². The van der Waals surface area contributed by atoms with Crippen molar-refractivity contribution in [2.24, 2.45) is 0 Å². The molecule has 49 heavy (non-hydrogen) atoms. The molecule has 0 N–H and O–H groups in total. The van der Waals surface area contributed by atoms with Gasteiger partial charge >= 0.3 is 0 Å². The van der Waals surface area contributed by atoms with Gasteiger partial charge in [-0.1, -0.05) is 152 Å². The van der Waals surface area contributed by atoms with Gasteiger partial charge in [0.25, 0.3) is 0 Å². The number of hydrogen-bond donors (Lipinski definition) is 0. The molecule has 1 nitrogen and oxygen atoms in total. The molecule has 0 unspecified atom stereocenters. The third kappa shape index (κ3) is 3.87. The number of benzene rings is 10. The lowest BCUT2D eigenvalue weighted by atomic mass is 9.86. The van der Waals surface area contributed by atoms with E-state index >= 15 is 0 Å². The summed E-state index contributed by atoms with van der Waals surface area (Å²) in [4.78, 5) is 0. The van der Waals surface area contributed by atoms with Crippen LogP contribution in [0.25, 0.3) is 109 Å². The Labute approximate surface area is 292 Å². The molecule has 0 saturated carbocycles. The van der Waals surface area contributed by atoms with Crippen molar-refractivity contribution in [1.29, 1.82) is 0 Å². The van der Waals surface area contributed by atoms with Gasteiger partial charge in [0.05, 0.1) is 9.60 Å². The third-order valence-electron chi connectivity index (χ3n) is 10.1. The summed E-state index contributed by atoms with van der Waals surface area (Å²) in [6.07, 6.45) is 0. The Bertz CT molecular complexity index is 3510. The molecular weight excluding hydrogens is 593 g/mol. The van der Waals surface area contributed by atoms with Gasteiger partial charge in [-0.2, -0.15) is 0 Å². The van der Waals surface area contributed by atoms with Crippen molar-refractivity contribution in [2.45, 2.75) is 0 Å². The Hall–Kier alpha value is -6.44. The molecule has 0 aliphatic rings. The van der Waals surface area contributed by atoms with Crippen molar-refractivity contribution in [3.63, 3.8) is 0 Å². The lowest BCUT2D eigenvalue weighted by molar-refractivity contribution is 0.670. The maximum atomic E-state index is 9.27. The van der Waals surface area contributed by atoms with Crippen molar-refractivity contribution in [3.05, 3.63) is 170 Å². The molecule has 0 atom stereocenters. The molecule has 1 aromatic heterocycles. The van der Waals surface area contributed by atoms with Crippen LogP contribution in [0.2, 0.25) is 0 Å². The zero-order chi connectivity index (χ0) is 38.1. The SMILES string of the molecule is [2H]c1c([2H])c([2H])c2c([2H])c(-c3ccc4ccc5c(-c6cccc7oc8c(-c9ccc%10ccccc%10c9)cccc8c67)ccc6ccc3c4c65)c([2H])c([2H])c2c1[2H]. The van der Waals surface area contributed by atoms with Gasteiger partial charge in [-0.15, -0.1) is 0 Å². The lowest BCUT2D eigenvalue weighted by Crippen LogP contribution is -1.90. The summed E-state index contributed by atoms with van der Waals surface area (Å²) in [6.45, 7) is 0. The van der Waals surface area contributed by atoms with Crippen LogP contribution in [0.1, 0.15) is 9.60 Å². The van der Waals surface area contributed by atoms with Crippen LogP contribution in [0.5, 0.6) is 0 Å². The molecule has 11 rings (SSSR count). The van der Waals surface area contributed by atoms with E-state index in [0.29, 0.717) is 5.56 Å². The minimum atomic E-state index is -0.481. The van der Waals surface area contributed by atoms with Crippen LogP contribution in [0, 0.1) is 0 Å². The van der Waals surface area contributed by atoms with Gasteiger partial charge in [0, 0.05) is 16.3 Å². The summed E-state index contributed by atoms with van der Waals surface area (Å²) in [5, 5.41) is 10.1. The van der Waals surface area contributed by atoms with E-state index in [-0.39, 0.29) is 40.5 Å². The van der Waals surface area contributed by atoms with Crippen LogP contribution >= 0.6 is 0 Å². The van der Waals surface area contributed by atoms with Crippen LogP contribution in [-0.2, 0) is 0 Å². The molecule has 0 radical (unpaired) electrons. The summed E-state index contributed by atoms with van der Waals surface area (Å²) >= 11 is 0. The predicted molar refractivity (Wildman–Crippen MR) is 209 cm³/mol. The average molecular weight is 628 g/mol. The average Bonchev–Trinajstić information content (AvgIpc) is 3.62. The number of hydrogen-bond acceptors (Lipinski definition) is 1. The quantitative estimate of drug-likeness (QED) is 0.178. The molecule has 1 heteroatoms. The largest absolute Gasteiger partial charge is 0.455 e. The molecule has 0 fully saturated rings. The number of fused-ring (bicyclic) bond motifs is 5. The van der Waals surface area contributed by atoms with Gasteiger partial charge in [0.1, 0.15) is 11.2 Å². The summed E-state index contributed by atoms with van der Waals surface area (Å²) in [5.74, 6) is 0. The molecule has 0 saturated heterocycles. The van der Waals surface area contributed by atoms with Crippen molar-refractivity contribution >= 4 is 75.8 Å². The van der Waals surface area contributed by atoms with Gasteiger partial charge in [-0.3, -0.25) is 0 Å². The first-order chi connectivity index (χ1) is 27.2. The standard InChI is InChI=1S/C48H28O/c1-3-9-33-27-35(17-15-29(33)7-1)37-23-19-31-22-26-42-39(24-20-32-21-25-41(37)45(31)46(32)42)40-12-6-14-44-47(40)43-13-5-11-38(48(43)49-44)36-18-16-30-8-2-4-10-34(30)28-36/h1-28H/i1D,3D,7D,9D,15D,17D,27D. The maximum absolute atomic E-state index is 9.27. The van der Waals surface area contributed by atoms with Crippen molar-refractivity contribution in [3.8, 4) is 33.4 Å². The topological polar surface area (TPSA) is 13.1 Å². The monoisotopic (exact) mass is 627 g/mol. The van der Waals surface area contributed by atoms with Crippen molar-refractivity contribution in [1.82, 2.24) is 0 Å². The fourth-order valence-corrected chi connectivity index (χ4v) is 7.83. The van der Waals surface area contributed by atoms with Gasteiger partial charge in [-0.25, -0.2) is 0 Å². The molecule has 0 bridgehead atoms. The second-order valence-corrected chi connectivity index (χ2v) is 12.7. The van der Waals surface area contributed by atoms with E-state index in [0.717, 1.165) is 76.5 Å². The van der Waals surface area contributed by atoms with E-state index in [2.05, 4.69) is 91.0 Å². The normalized spacial score (nSPS) is 14.1. The zero-order valence-electron chi connectivity index (χ0n) is 33.0. The molecule has 10 aromatic carbocycles. The molecule has 0 amide bonds. The molecule has 226 valence electrons. The highest BCUT2D eigenvalue weighted by Gasteiger charge is 2.19. The second kappa shape index (κ2) is 10.0. The Kier molecular flexibility index (Phi) is 4.24. The van der Waals surface area contributed by atoms with Crippen molar-refractivity contribution < 1.29 is 14.0 Å². The highest BCUT2D eigenvalue weighted by molar-refractivity contribution is 6.29. The van der Waals surface area contributed by atoms with Crippen LogP contribution < -0.4 is 0 Å². The number of rotatable bonds is 3. The minimum Gasteiger partial charge on any atom is -0.455 e. The second-order valence-electron chi connectivity index (χ2n) is 12.7. The fraction of sp³-hybridized carbons (Fsp3) is 0. The van der Waals surface area contributed by atoms with Crippen LogP contribution in [0.15, 0.2) is 174 Å². The van der Waals surface area contributed by atoms with E-state index in [9.17, 15) is 1.37 Å². The summed E-state index contributed by atoms with van der Waals surface area (Å²) in [6, 6.07) is 41.3. The van der Waals surface area contributed by atoms with Gasteiger partial charge in [-0.05, 0) is 99.9 Å². The van der Waals surface area contributed by atoms with E-state index in [1.54, 1.807) is 0 Å². The summed E-state index contributed by atoms with van der Waals surface area (Å²) in [5.41, 5.74) is 6.56. The highest BCUT2D eigenvalue weighted by atomic mass is 16.3. The maximum Gasteiger partial charge on any atom is 0.143 e. The molecule has 11 aromatic rings. The Morgan fingerprint density at radius 3 is 1.94 bits per heavy atom. The van der Waals surface area contributed by atoms with Crippen LogP contribution in [0.4, 0.5) is 0 Å². The molecule has 0 aliphatic carbocycles. The Morgan fingerprint density at radius 2 is 1.08 bits per heavy atom. The highest BCUT2D eigenvalue weighted by Crippen LogP contribution is 2.46. The van der Waals surface area contributed by atoms with E-state index in [1.807, 2.05) is 36.4 Å². The van der Waals surface area contributed by atoms with Gasteiger partial charge in [0.15, 0.2) is 0 Å². The van der Waals surface area contributed by atoms with E-state index in [1.165, 1.54) is 10.8 Å². The third-order valence-corrected chi connectivity index (χ3v) is 10.1. The minimum absolute atomic E-state index is 0.0517. The number of furan rings is 1. The summed E-state index contributed by atoms with van der Waals surface area (Å²) in [7, 11) is 0. The molecule has 0 aliphatic heterocycles. The van der Waals surface area contributed by atoms with Gasteiger partial charge in [0.2, 0.25) is 0 Å². The van der Waals surface area contributed by atoms with Crippen LogP contribution in [-0.4, -0.2) is 0 Å². The zero-order valence-corrected chi connectivity index (χ0v) is 26.0. The first-order valence-electron chi connectivity index (χ1n) is 19.9. The van der Waals surface area contributed by atoms with E-state index in [4.69, 9.17) is 12.6 Å². The molecular formula is C48H28O. The predicted octanol–water partition coefficient (Wildman–Crippen LogP) is 13.8. The Balaban J connectivity index is 1.16. The first-order valence-corrected chi connectivity index (χ1v) is 16.4.